The van der Waals surface area contributed by atoms with E-state index in [0.717, 1.165) is 12.0 Å². The van der Waals surface area contributed by atoms with E-state index < -0.39 is 0 Å². The van der Waals surface area contributed by atoms with Gasteiger partial charge in [-0.25, -0.2) is 0 Å². The Morgan fingerprint density at radius 1 is 1.10 bits per heavy atom. The molecule has 2 rings (SSSR count). The minimum absolute atomic E-state index is 0.0254. The minimum Gasteiger partial charge on any atom is -0.484 e. The fourth-order valence-electron chi connectivity index (χ4n) is 2.12. The first-order valence-electron chi connectivity index (χ1n) is 7.23. The average Bonchev–Trinajstić information content (AvgIpc) is 2.52. The summed E-state index contributed by atoms with van der Waals surface area (Å²) < 4.78 is 5.46. The molecule has 0 fully saturated rings. The van der Waals surface area contributed by atoms with Gasteiger partial charge in [0.05, 0.1) is 6.04 Å². The molecule has 2 aromatic carbocycles. The Bertz CT molecular complexity index is 564. The normalized spacial score (nSPS) is 11.7. The van der Waals surface area contributed by atoms with E-state index in [2.05, 4.69) is 43.4 Å². The first-order chi connectivity index (χ1) is 10.2. The highest BCUT2D eigenvalue weighted by Crippen LogP contribution is 2.17. The first kappa shape index (κ1) is 15.1. The fraction of sp³-hybridized carbons (Fsp3) is 0.278. The third-order valence-electron chi connectivity index (χ3n) is 3.34. The molecule has 0 spiro atoms. The molecule has 2 aromatic rings. The Morgan fingerprint density at radius 3 is 2.38 bits per heavy atom. The van der Waals surface area contributed by atoms with E-state index >= 15 is 0 Å². The molecule has 0 radical (unpaired) electrons. The van der Waals surface area contributed by atoms with Gasteiger partial charge in [-0.1, -0.05) is 55.0 Å². The summed E-state index contributed by atoms with van der Waals surface area (Å²) in [6.07, 6.45) is 0.847. The molecule has 21 heavy (non-hydrogen) atoms. The van der Waals surface area contributed by atoms with Crippen molar-refractivity contribution in [2.45, 2.75) is 26.3 Å². The summed E-state index contributed by atoms with van der Waals surface area (Å²) in [5.41, 5.74) is 2.34. The van der Waals surface area contributed by atoms with Gasteiger partial charge in [-0.2, -0.15) is 0 Å². The second-order valence-corrected chi connectivity index (χ2v) is 5.04. The van der Waals surface area contributed by atoms with Crippen molar-refractivity contribution in [2.24, 2.45) is 0 Å². The predicted molar refractivity (Wildman–Crippen MR) is 84.3 cm³/mol. The molecule has 0 aliphatic heterocycles. The molecule has 0 unspecified atom stereocenters. The lowest BCUT2D eigenvalue weighted by molar-refractivity contribution is -0.123. The van der Waals surface area contributed by atoms with Crippen LogP contribution in [0.4, 0.5) is 0 Å². The summed E-state index contributed by atoms with van der Waals surface area (Å²) >= 11 is 0. The SMILES string of the molecule is CC[C@@H](NC(=O)COc1ccccc1)c1ccc(C)cc1. The van der Waals surface area contributed by atoms with E-state index in [1.807, 2.05) is 30.3 Å². The van der Waals surface area contributed by atoms with E-state index in [4.69, 9.17) is 4.74 Å². The van der Waals surface area contributed by atoms with Crippen molar-refractivity contribution in [3.63, 3.8) is 0 Å². The summed E-state index contributed by atoms with van der Waals surface area (Å²) in [4.78, 5) is 12.0. The number of carbonyl (C=O) groups excluding carboxylic acids is 1. The van der Waals surface area contributed by atoms with Crippen LogP contribution in [0.25, 0.3) is 0 Å². The molecule has 1 amide bonds. The highest BCUT2D eigenvalue weighted by Gasteiger charge is 2.12. The van der Waals surface area contributed by atoms with Crippen molar-refractivity contribution in [3.05, 3.63) is 65.7 Å². The molecule has 0 aliphatic carbocycles. The zero-order valence-corrected chi connectivity index (χ0v) is 12.5. The summed E-state index contributed by atoms with van der Waals surface area (Å²) in [6.45, 7) is 4.15. The molecular formula is C18H21NO2. The molecule has 0 saturated carbocycles. The van der Waals surface area contributed by atoms with Gasteiger partial charge in [0.25, 0.3) is 5.91 Å². The fourth-order valence-corrected chi connectivity index (χ4v) is 2.12. The molecule has 3 nitrogen and oxygen atoms in total. The second-order valence-electron chi connectivity index (χ2n) is 5.04. The van der Waals surface area contributed by atoms with Crippen molar-refractivity contribution in [3.8, 4) is 5.75 Å². The van der Waals surface area contributed by atoms with Gasteiger partial charge >= 0.3 is 0 Å². The van der Waals surface area contributed by atoms with Gasteiger partial charge in [-0.15, -0.1) is 0 Å². The third-order valence-corrected chi connectivity index (χ3v) is 3.34. The zero-order valence-electron chi connectivity index (χ0n) is 12.5. The number of nitrogens with one attached hydrogen (secondary N) is 1. The molecular weight excluding hydrogens is 262 g/mol. The van der Waals surface area contributed by atoms with Gasteiger partial charge in [-0.05, 0) is 31.0 Å². The van der Waals surface area contributed by atoms with Gasteiger partial charge in [0.15, 0.2) is 6.61 Å². The van der Waals surface area contributed by atoms with Gasteiger partial charge in [0.1, 0.15) is 5.75 Å². The van der Waals surface area contributed by atoms with Crippen LogP contribution in [0.3, 0.4) is 0 Å². The summed E-state index contributed by atoms with van der Waals surface area (Å²) in [7, 11) is 0. The maximum atomic E-state index is 12.0. The number of ether oxygens (including phenoxy) is 1. The number of benzene rings is 2. The van der Waals surface area contributed by atoms with Crippen molar-refractivity contribution in [1.29, 1.82) is 0 Å². The Balaban J connectivity index is 1.89. The number of para-hydroxylation sites is 1. The lowest BCUT2D eigenvalue weighted by atomic mass is 10.0. The number of rotatable bonds is 6. The molecule has 110 valence electrons. The van der Waals surface area contributed by atoms with E-state index in [1.165, 1.54) is 5.56 Å². The minimum atomic E-state index is -0.105. The molecule has 0 bridgehead atoms. The first-order valence-corrected chi connectivity index (χ1v) is 7.23. The monoisotopic (exact) mass is 283 g/mol. The third kappa shape index (κ3) is 4.63. The topological polar surface area (TPSA) is 38.3 Å². The Hall–Kier alpha value is -2.29. The standard InChI is InChI=1S/C18H21NO2/c1-3-17(15-11-9-14(2)10-12-15)19-18(20)13-21-16-7-5-4-6-8-16/h4-12,17H,3,13H2,1-2H3,(H,19,20)/t17-/m1/s1. The maximum Gasteiger partial charge on any atom is 0.258 e. The average molecular weight is 283 g/mol. The van der Waals surface area contributed by atoms with Gasteiger partial charge in [-0.3, -0.25) is 4.79 Å². The quantitative estimate of drug-likeness (QED) is 0.879. The van der Waals surface area contributed by atoms with Crippen LogP contribution in [-0.2, 0) is 4.79 Å². The molecule has 0 aromatic heterocycles. The molecule has 1 atom stereocenters. The predicted octanol–water partition coefficient (Wildman–Crippen LogP) is 3.64. The highest BCUT2D eigenvalue weighted by molar-refractivity contribution is 5.78. The number of hydrogen-bond donors (Lipinski definition) is 1. The highest BCUT2D eigenvalue weighted by atomic mass is 16.5. The number of amides is 1. The van der Waals surface area contributed by atoms with Crippen LogP contribution >= 0.6 is 0 Å². The van der Waals surface area contributed by atoms with Crippen LogP contribution < -0.4 is 10.1 Å². The molecule has 0 aliphatic rings. The summed E-state index contributed by atoms with van der Waals surface area (Å²) in [5, 5.41) is 3.01. The van der Waals surface area contributed by atoms with Gasteiger partial charge < -0.3 is 10.1 Å². The molecule has 3 heteroatoms. The molecule has 1 N–H and O–H groups in total. The van der Waals surface area contributed by atoms with Crippen molar-refractivity contribution < 1.29 is 9.53 Å². The van der Waals surface area contributed by atoms with E-state index in [1.54, 1.807) is 0 Å². The van der Waals surface area contributed by atoms with Crippen LogP contribution in [0.2, 0.25) is 0 Å². The number of aryl methyl sites for hydroxylation is 1. The van der Waals surface area contributed by atoms with Crippen molar-refractivity contribution in [2.75, 3.05) is 6.61 Å². The summed E-state index contributed by atoms with van der Waals surface area (Å²) in [5.74, 6) is 0.599. The van der Waals surface area contributed by atoms with E-state index in [0.29, 0.717) is 5.75 Å². The lowest BCUT2D eigenvalue weighted by Gasteiger charge is -2.18. The Labute approximate surface area is 126 Å². The van der Waals surface area contributed by atoms with E-state index in [9.17, 15) is 4.79 Å². The smallest absolute Gasteiger partial charge is 0.258 e. The Kier molecular flexibility index (Phi) is 5.38. The molecule has 0 heterocycles. The van der Waals surface area contributed by atoms with E-state index in [-0.39, 0.29) is 18.6 Å². The van der Waals surface area contributed by atoms with Crippen LogP contribution in [0.15, 0.2) is 54.6 Å². The lowest BCUT2D eigenvalue weighted by Crippen LogP contribution is -2.32. The summed E-state index contributed by atoms with van der Waals surface area (Å²) in [6, 6.07) is 17.6. The molecule has 0 saturated heterocycles. The van der Waals surface area contributed by atoms with Gasteiger partial charge in [0, 0.05) is 0 Å². The zero-order chi connectivity index (χ0) is 15.1. The maximum absolute atomic E-state index is 12.0. The van der Waals surface area contributed by atoms with Crippen LogP contribution in [0.5, 0.6) is 5.75 Å². The van der Waals surface area contributed by atoms with Crippen LogP contribution in [0, 0.1) is 6.92 Å². The van der Waals surface area contributed by atoms with Crippen LogP contribution in [0.1, 0.15) is 30.5 Å². The Morgan fingerprint density at radius 2 is 1.76 bits per heavy atom. The van der Waals surface area contributed by atoms with Crippen molar-refractivity contribution in [1.82, 2.24) is 5.32 Å². The second kappa shape index (κ2) is 7.48. The largest absolute Gasteiger partial charge is 0.484 e. The number of carbonyl (C=O) groups is 1. The van der Waals surface area contributed by atoms with Crippen molar-refractivity contribution >= 4 is 5.91 Å². The van der Waals surface area contributed by atoms with Crippen LogP contribution in [-0.4, -0.2) is 12.5 Å². The number of hydrogen-bond acceptors (Lipinski definition) is 2. The van der Waals surface area contributed by atoms with Gasteiger partial charge in [0.2, 0.25) is 0 Å².